The first-order valence-electron chi connectivity index (χ1n) is 3.80. The Hall–Kier alpha value is -1.23. The summed E-state index contributed by atoms with van der Waals surface area (Å²) < 4.78 is 24.6. The Bertz CT molecular complexity index is 313. The van der Waals surface area contributed by atoms with Crippen LogP contribution in [0.2, 0.25) is 0 Å². The number of hydrogen-bond donors (Lipinski definition) is 2. The third kappa shape index (κ3) is 1.92. The number of pyridine rings is 1. The van der Waals surface area contributed by atoms with Gasteiger partial charge in [-0.1, -0.05) is 0 Å². The summed E-state index contributed by atoms with van der Waals surface area (Å²) in [7, 11) is 0. The minimum atomic E-state index is -2.59. The lowest BCUT2D eigenvalue weighted by molar-refractivity contribution is 0.145. The van der Waals surface area contributed by atoms with Gasteiger partial charge in [0.1, 0.15) is 11.5 Å². The number of aryl methyl sites for hydroxylation is 1. The zero-order valence-electron chi connectivity index (χ0n) is 7.22. The Morgan fingerprint density at radius 3 is 2.62 bits per heavy atom. The van der Waals surface area contributed by atoms with Crippen molar-refractivity contribution in [1.29, 1.82) is 0 Å². The molecule has 0 bridgehead atoms. The maximum absolute atomic E-state index is 12.3. The van der Waals surface area contributed by atoms with Gasteiger partial charge in [0, 0.05) is 12.1 Å². The third-order valence-electron chi connectivity index (χ3n) is 1.79. The molecule has 0 spiro atoms. The fourth-order valence-electron chi connectivity index (χ4n) is 1.08. The van der Waals surface area contributed by atoms with Gasteiger partial charge in [-0.05, 0) is 18.6 Å². The molecule has 13 heavy (non-hydrogen) atoms. The average Bonchev–Trinajstić information content (AvgIpc) is 2.07. The molecule has 1 heterocycles. The topological polar surface area (TPSA) is 64.9 Å². The van der Waals surface area contributed by atoms with Crippen LogP contribution in [-0.4, -0.2) is 4.98 Å². The molecule has 0 radical (unpaired) electrons. The third-order valence-corrected chi connectivity index (χ3v) is 1.79. The van der Waals surface area contributed by atoms with Crippen LogP contribution < -0.4 is 11.5 Å². The number of nitrogens with two attached hydrogens (primary N) is 2. The SMILES string of the molecule is Cc1cc(CN)c(N)nc1C(F)F. The van der Waals surface area contributed by atoms with Crippen molar-refractivity contribution >= 4 is 5.82 Å². The summed E-state index contributed by atoms with van der Waals surface area (Å²) in [6.45, 7) is 1.77. The highest BCUT2D eigenvalue weighted by Crippen LogP contribution is 2.23. The molecule has 0 aliphatic carbocycles. The highest BCUT2D eigenvalue weighted by atomic mass is 19.3. The molecule has 72 valence electrons. The molecule has 0 saturated heterocycles. The molecule has 4 N–H and O–H groups in total. The van der Waals surface area contributed by atoms with Crippen LogP contribution >= 0.6 is 0 Å². The van der Waals surface area contributed by atoms with Crippen LogP contribution in [0.3, 0.4) is 0 Å². The van der Waals surface area contributed by atoms with Crippen LogP contribution in [0.15, 0.2) is 6.07 Å². The van der Waals surface area contributed by atoms with Crippen molar-refractivity contribution in [2.45, 2.75) is 19.9 Å². The molecule has 0 aliphatic rings. The van der Waals surface area contributed by atoms with Gasteiger partial charge in [0.2, 0.25) is 0 Å². The summed E-state index contributed by atoms with van der Waals surface area (Å²) in [5.74, 6) is 0.0865. The van der Waals surface area contributed by atoms with Gasteiger partial charge < -0.3 is 11.5 Å². The molecule has 0 saturated carbocycles. The smallest absolute Gasteiger partial charge is 0.280 e. The number of nitrogens with zero attached hydrogens (tertiary/aromatic N) is 1. The normalized spacial score (nSPS) is 10.8. The molecule has 1 aromatic heterocycles. The van der Waals surface area contributed by atoms with Crippen LogP contribution in [0.25, 0.3) is 0 Å². The number of aromatic nitrogens is 1. The van der Waals surface area contributed by atoms with Crippen molar-refractivity contribution in [2.75, 3.05) is 5.73 Å². The van der Waals surface area contributed by atoms with Crippen LogP contribution in [-0.2, 0) is 6.54 Å². The quantitative estimate of drug-likeness (QED) is 0.734. The maximum atomic E-state index is 12.3. The zero-order valence-corrected chi connectivity index (χ0v) is 7.22. The van der Waals surface area contributed by atoms with Crippen LogP contribution in [0.4, 0.5) is 14.6 Å². The number of halogens is 2. The molecule has 0 aliphatic heterocycles. The Morgan fingerprint density at radius 1 is 1.54 bits per heavy atom. The highest BCUT2D eigenvalue weighted by Gasteiger charge is 2.14. The molecule has 0 aromatic carbocycles. The van der Waals surface area contributed by atoms with E-state index < -0.39 is 6.43 Å². The fraction of sp³-hybridized carbons (Fsp3) is 0.375. The van der Waals surface area contributed by atoms with E-state index in [2.05, 4.69) is 4.98 Å². The van der Waals surface area contributed by atoms with E-state index in [-0.39, 0.29) is 18.1 Å². The van der Waals surface area contributed by atoms with Crippen LogP contribution in [0, 0.1) is 6.92 Å². The highest BCUT2D eigenvalue weighted by molar-refractivity contribution is 5.43. The first kappa shape index (κ1) is 9.85. The zero-order chi connectivity index (χ0) is 10.0. The van der Waals surface area contributed by atoms with Crippen molar-refractivity contribution in [1.82, 2.24) is 4.98 Å². The summed E-state index contributed by atoms with van der Waals surface area (Å²) in [6.07, 6.45) is -2.59. The molecule has 0 unspecified atom stereocenters. The van der Waals surface area contributed by atoms with Gasteiger partial charge in [0.05, 0.1) is 0 Å². The van der Waals surface area contributed by atoms with Crippen LogP contribution in [0.5, 0.6) is 0 Å². The minimum absolute atomic E-state index is 0.0865. The van der Waals surface area contributed by atoms with Gasteiger partial charge >= 0.3 is 0 Å². The van der Waals surface area contributed by atoms with E-state index in [9.17, 15) is 8.78 Å². The molecule has 1 rings (SSSR count). The van der Waals surface area contributed by atoms with Crippen molar-refractivity contribution in [2.24, 2.45) is 5.73 Å². The van der Waals surface area contributed by atoms with Crippen molar-refractivity contribution in [3.8, 4) is 0 Å². The van der Waals surface area contributed by atoms with E-state index in [1.54, 1.807) is 13.0 Å². The van der Waals surface area contributed by atoms with Gasteiger partial charge in [0.25, 0.3) is 6.43 Å². The summed E-state index contributed by atoms with van der Waals surface area (Å²) in [4.78, 5) is 3.59. The monoisotopic (exact) mass is 187 g/mol. The molecule has 3 nitrogen and oxygen atoms in total. The minimum Gasteiger partial charge on any atom is -0.383 e. The van der Waals surface area contributed by atoms with E-state index in [0.29, 0.717) is 11.1 Å². The van der Waals surface area contributed by atoms with Gasteiger partial charge in [0.15, 0.2) is 0 Å². The predicted octanol–water partition coefficient (Wildman–Crippen LogP) is 1.37. The molecular formula is C8H11F2N3. The second-order valence-corrected chi connectivity index (χ2v) is 2.74. The molecule has 0 fully saturated rings. The van der Waals surface area contributed by atoms with Crippen molar-refractivity contribution in [3.05, 3.63) is 22.9 Å². The number of hydrogen-bond acceptors (Lipinski definition) is 3. The van der Waals surface area contributed by atoms with Crippen molar-refractivity contribution < 1.29 is 8.78 Å². The van der Waals surface area contributed by atoms with Gasteiger partial charge in [-0.15, -0.1) is 0 Å². The van der Waals surface area contributed by atoms with Crippen molar-refractivity contribution in [3.63, 3.8) is 0 Å². The summed E-state index contributed by atoms with van der Waals surface area (Å²) in [5.41, 5.74) is 11.5. The average molecular weight is 187 g/mol. The maximum Gasteiger partial charge on any atom is 0.280 e. The first-order valence-corrected chi connectivity index (χ1v) is 3.80. The number of anilines is 1. The van der Waals surface area contributed by atoms with E-state index in [0.717, 1.165) is 0 Å². The Morgan fingerprint density at radius 2 is 2.15 bits per heavy atom. The number of nitrogen functional groups attached to an aromatic ring is 1. The lowest BCUT2D eigenvalue weighted by atomic mass is 10.1. The van der Waals surface area contributed by atoms with Crippen LogP contribution in [0.1, 0.15) is 23.2 Å². The number of alkyl halides is 2. The van der Waals surface area contributed by atoms with E-state index in [4.69, 9.17) is 11.5 Å². The molecular weight excluding hydrogens is 176 g/mol. The second kappa shape index (κ2) is 3.66. The number of rotatable bonds is 2. The molecule has 0 atom stereocenters. The standard InChI is InChI=1S/C8H11F2N3/c1-4-2-5(3-11)8(12)13-6(4)7(9)10/h2,7H,3,11H2,1H3,(H2,12,13). The molecule has 5 heteroatoms. The first-order chi connectivity index (χ1) is 6.06. The molecule has 1 aromatic rings. The lowest BCUT2D eigenvalue weighted by Crippen LogP contribution is -2.07. The Kier molecular flexibility index (Phi) is 2.77. The van der Waals surface area contributed by atoms with Gasteiger partial charge in [-0.25, -0.2) is 13.8 Å². The molecule has 0 amide bonds. The van der Waals surface area contributed by atoms with E-state index in [1.807, 2.05) is 0 Å². The second-order valence-electron chi connectivity index (χ2n) is 2.74. The summed E-state index contributed by atoms with van der Waals surface area (Å²) in [5, 5.41) is 0. The lowest BCUT2D eigenvalue weighted by Gasteiger charge is -2.08. The predicted molar refractivity (Wildman–Crippen MR) is 46.2 cm³/mol. The van der Waals surface area contributed by atoms with Gasteiger partial charge in [-0.2, -0.15) is 0 Å². The fourth-order valence-corrected chi connectivity index (χ4v) is 1.08. The Labute approximate surface area is 74.8 Å². The summed E-state index contributed by atoms with van der Waals surface area (Å²) in [6, 6.07) is 1.55. The largest absolute Gasteiger partial charge is 0.383 e. The van der Waals surface area contributed by atoms with E-state index in [1.165, 1.54) is 0 Å². The van der Waals surface area contributed by atoms with Gasteiger partial charge in [-0.3, -0.25) is 0 Å². The Balaban J connectivity index is 3.20. The van der Waals surface area contributed by atoms with E-state index >= 15 is 0 Å². The summed E-state index contributed by atoms with van der Waals surface area (Å²) >= 11 is 0.